The zero-order valence-corrected chi connectivity index (χ0v) is 12.5. The Hall–Kier alpha value is -3.16. The van der Waals surface area contributed by atoms with Crippen molar-refractivity contribution in [1.82, 2.24) is 19.5 Å². The van der Waals surface area contributed by atoms with Gasteiger partial charge in [0, 0.05) is 11.6 Å². The highest BCUT2D eigenvalue weighted by Crippen LogP contribution is 2.25. The lowest BCUT2D eigenvalue weighted by molar-refractivity contribution is 0.475. The van der Waals surface area contributed by atoms with Crippen LogP contribution >= 0.6 is 0 Å². The van der Waals surface area contributed by atoms with Gasteiger partial charge in [0.05, 0.1) is 0 Å². The van der Waals surface area contributed by atoms with Crippen molar-refractivity contribution in [2.45, 2.75) is 19.9 Å². The van der Waals surface area contributed by atoms with Crippen LogP contribution in [-0.2, 0) is 4.79 Å². The fraction of sp³-hybridized carbons (Fsp3) is 0.200. The molecule has 0 aliphatic rings. The van der Waals surface area contributed by atoms with E-state index in [0.29, 0.717) is 16.7 Å². The molecule has 2 heterocycles. The number of fused-ring (bicyclic) bond motifs is 1. The number of carbonyl (C=O) groups excluding carboxylic acids is 1. The normalized spacial score (nSPS) is 11.1. The van der Waals surface area contributed by atoms with E-state index in [0.717, 1.165) is 0 Å². The van der Waals surface area contributed by atoms with E-state index in [2.05, 4.69) is 20.3 Å². The molecule has 0 unspecified atom stereocenters. The van der Waals surface area contributed by atoms with Gasteiger partial charge in [-0.3, -0.25) is 9.36 Å². The van der Waals surface area contributed by atoms with E-state index in [-0.39, 0.29) is 29.1 Å². The van der Waals surface area contributed by atoms with Gasteiger partial charge in [-0.15, -0.1) is 0 Å². The number of aromatic amines is 1. The lowest BCUT2D eigenvalue weighted by atomic mass is 10.2. The van der Waals surface area contributed by atoms with Gasteiger partial charge in [-0.2, -0.15) is 0 Å². The Bertz CT molecular complexity index is 942. The maximum absolute atomic E-state index is 12.1. The van der Waals surface area contributed by atoms with Crippen LogP contribution in [0.3, 0.4) is 0 Å². The second-order valence-electron chi connectivity index (χ2n) is 5.27. The summed E-state index contributed by atoms with van der Waals surface area (Å²) in [5.41, 5.74) is 0.920. The van der Waals surface area contributed by atoms with Crippen molar-refractivity contribution in [2.24, 2.45) is 0 Å². The molecule has 1 amide bonds. The van der Waals surface area contributed by atoms with Gasteiger partial charge in [0.2, 0.25) is 0 Å². The first-order valence-corrected chi connectivity index (χ1v) is 6.96. The van der Waals surface area contributed by atoms with Crippen LogP contribution in [0.25, 0.3) is 22.6 Å². The predicted molar refractivity (Wildman–Crippen MR) is 85.0 cm³/mol. The van der Waals surface area contributed by atoms with E-state index in [1.165, 1.54) is 16.7 Å². The maximum Gasteiger partial charge on any atom is 0.328 e. The average Bonchev–Trinajstić information content (AvgIpc) is 2.84. The van der Waals surface area contributed by atoms with E-state index >= 15 is 0 Å². The fourth-order valence-corrected chi connectivity index (χ4v) is 2.39. The molecule has 3 N–H and O–H groups in total. The van der Waals surface area contributed by atoms with Crippen LogP contribution in [0.2, 0.25) is 0 Å². The summed E-state index contributed by atoms with van der Waals surface area (Å²) in [7, 11) is 0. The van der Waals surface area contributed by atoms with Gasteiger partial charge < -0.3 is 15.4 Å². The van der Waals surface area contributed by atoms with E-state index < -0.39 is 0 Å². The summed E-state index contributed by atoms with van der Waals surface area (Å²) in [4.78, 5) is 34.1. The zero-order chi connectivity index (χ0) is 16.6. The molecule has 0 atom stereocenters. The molecule has 2 aromatic heterocycles. The largest absolute Gasteiger partial charge is 0.508 e. The highest BCUT2D eigenvalue weighted by molar-refractivity contribution is 5.90. The number of amides is 1. The van der Waals surface area contributed by atoms with Crippen LogP contribution < -0.4 is 11.0 Å². The van der Waals surface area contributed by atoms with Crippen molar-refractivity contribution in [3.05, 3.63) is 34.7 Å². The molecule has 0 saturated heterocycles. The number of hydrogen-bond donors (Lipinski definition) is 3. The van der Waals surface area contributed by atoms with Crippen molar-refractivity contribution in [3.8, 4) is 17.1 Å². The van der Waals surface area contributed by atoms with Gasteiger partial charge in [0.25, 0.3) is 0 Å². The van der Waals surface area contributed by atoms with Gasteiger partial charge in [-0.05, 0) is 26.0 Å². The van der Waals surface area contributed by atoms with Crippen molar-refractivity contribution in [3.63, 3.8) is 0 Å². The molecule has 8 nitrogen and oxygen atoms in total. The van der Waals surface area contributed by atoms with Crippen molar-refractivity contribution < 1.29 is 9.90 Å². The molecule has 0 bridgehead atoms. The van der Waals surface area contributed by atoms with E-state index in [1.54, 1.807) is 18.5 Å². The summed E-state index contributed by atoms with van der Waals surface area (Å²) >= 11 is 0. The summed E-state index contributed by atoms with van der Waals surface area (Å²) < 4.78 is 1.47. The molecule has 8 heteroatoms. The van der Waals surface area contributed by atoms with Crippen molar-refractivity contribution >= 4 is 23.4 Å². The third kappa shape index (κ3) is 2.54. The molecule has 1 aromatic carbocycles. The zero-order valence-electron chi connectivity index (χ0n) is 12.5. The number of H-pyrrole nitrogens is 1. The van der Waals surface area contributed by atoms with E-state index in [4.69, 9.17) is 0 Å². The fourth-order valence-electron chi connectivity index (χ4n) is 2.39. The number of aromatic hydroxyl groups is 1. The molecular weight excluding hydrogens is 298 g/mol. The van der Waals surface area contributed by atoms with Gasteiger partial charge >= 0.3 is 12.1 Å². The smallest absolute Gasteiger partial charge is 0.328 e. The molecule has 0 aliphatic heterocycles. The monoisotopic (exact) mass is 312 g/mol. The van der Waals surface area contributed by atoms with Crippen molar-refractivity contribution in [1.29, 1.82) is 0 Å². The van der Waals surface area contributed by atoms with Crippen LogP contribution in [-0.4, -0.2) is 31.0 Å². The molecule has 0 spiro atoms. The molecule has 3 rings (SSSR count). The van der Waals surface area contributed by atoms with Crippen LogP contribution in [0.15, 0.2) is 29.1 Å². The SMILES string of the molecule is CC(C)n1c(=O)[nH]c2c(N[C]=O)nc(-c3cccc(O)c3)nc21. The minimum absolute atomic E-state index is 0.0676. The Balaban J connectivity index is 2.34. The van der Waals surface area contributed by atoms with Crippen molar-refractivity contribution in [2.75, 3.05) is 5.32 Å². The molecule has 23 heavy (non-hydrogen) atoms. The third-order valence-electron chi connectivity index (χ3n) is 3.36. The van der Waals surface area contributed by atoms with Gasteiger partial charge in [0.1, 0.15) is 11.3 Å². The summed E-state index contributed by atoms with van der Waals surface area (Å²) in [6.45, 7) is 3.70. The van der Waals surface area contributed by atoms with Crippen LogP contribution in [0.5, 0.6) is 5.75 Å². The molecule has 0 aliphatic carbocycles. The lowest BCUT2D eigenvalue weighted by Crippen LogP contribution is -2.18. The standard InChI is InChI=1S/C15H14N5O3/c1-8(2)20-14-11(17-15(20)23)13(16-7-21)18-12(19-14)9-4-3-5-10(22)6-9/h3-6,8,22H,1-2H3,(H,17,23)(H,16,18,19,21). The summed E-state index contributed by atoms with van der Waals surface area (Å²) in [6, 6.07) is 6.28. The Labute approximate surface area is 130 Å². The highest BCUT2D eigenvalue weighted by Gasteiger charge is 2.17. The summed E-state index contributed by atoms with van der Waals surface area (Å²) in [6.07, 6.45) is 1.55. The number of imidazole rings is 1. The first-order valence-electron chi connectivity index (χ1n) is 6.96. The van der Waals surface area contributed by atoms with Crippen LogP contribution in [0, 0.1) is 0 Å². The number of aromatic nitrogens is 4. The second kappa shape index (κ2) is 5.56. The predicted octanol–water partition coefficient (Wildman–Crippen LogP) is 1.55. The van der Waals surface area contributed by atoms with Gasteiger partial charge in [-0.1, -0.05) is 12.1 Å². The van der Waals surface area contributed by atoms with E-state index in [1.807, 2.05) is 13.8 Å². The molecule has 3 aromatic rings. The maximum atomic E-state index is 12.1. The summed E-state index contributed by atoms with van der Waals surface area (Å²) in [5, 5.41) is 12.0. The average molecular weight is 312 g/mol. The quantitative estimate of drug-likeness (QED) is 0.633. The molecule has 117 valence electrons. The minimum atomic E-state index is -0.341. The Kier molecular flexibility index (Phi) is 3.57. The number of benzene rings is 1. The van der Waals surface area contributed by atoms with Crippen LogP contribution in [0.1, 0.15) is 19.9 Å². The highest BCUT2D eigenvalue weighted by atomic mass is 16.3. The van der Waals surface area contributed by atoms with Gasteiger partial charge in [0.15, 0.2) is 17.3 Å². The van der Waals surface area contributed by atoms with Crippen LogP contribution in [0.4, 0.5) is 5.82 Å². The number of anilines is 1. The van der Waals surface area contributed by atoms with E-state index in [9.17, 15) is 14.7 Å². The number of rotatable bonds is 4. The third-order valence-corrected chi connectivity index (χ3v) is 3.36. The first-order chi connectivity index (χ1) is 11.0. The number of nitrogens with one attached hydrogen (secondary N) is 2. The number of hydrogen-bond acceptors (Lipinski definition) is 5. The summed E-state index contributed by atoms with van der Waals surface area (Å²) in [5.74, 6) is 0.498. The minimum Gasteiger partial charge on any atom is -0.508 e. The number of phenols is 1. The Morgan fingerprint density at radius 2 is 2.13 bits per heavy atom. The molecule has 0 fully saturated rings. The first kappa shape index (κ1) is 14.8. The molecular formula is C15H14N5O3. The Morgan fingerprint density at radius 1 is 1.35 bits per heavy atom. The molecule has 0 saturated carbocycles. The number of phenolic OH excluding ortho intramolecular Hbond substituents is 1. The number of nitrogens with zero attached hydrogens (tertiary/aromatic N) is 3. The lowest BCUT2D eigenvalue weighted by Gasteiger charge is -2.09. The van der Waals surface area contributed by atoms with Gasteiger partial charge in [-0.25, -0.2) is 14.8 Å². The Morgan fingerprint density at radius 3 is 2.78 bits per heavy atom. The second-order valence-corrected chi connectivity index (χ2v) is 5.27. The topological polar surface area (TPSA) is 113 Å². The molecule has 1 radical (unpaired) electrons.